The average Bonchev–Trinajstić information content (AvgIpc) is 2.70. The van der Waals surface area contributed by atoms with E-state index in [1.165, 1.54) is 0 Å². The number of benzene rings is 2. The summed E-state index contributed by atoms with van der Waals surface area (Å²) >= 11 is 12.1. The predicted molar refractivity (Wildman–Crippen MR) is 112 cm³/mol. The fraction of sp³-hybridized carbons (Fsp3) is 0. The van der Waals surface area contributed by atoms with Crippen molar-refractivity contribution in [1.29, 1.82) is 0 Å². The van der Waals surface area contributed by atoms with Crippen molar-refractivity contribution in [3.63, 3.8) is 0 Å². The van der Waals surface area contributed by atoms with E-state index < -0.39 is 0 Å². The Bertz CT molecular complexity index is 1160. The van der Waals surface area contributed by atoms with Crippen LogP contribution < -0.4 is 5.73 Å². The minimum atomic E-state index is 0.310. The summed E-state index contributed by atoms with van der Waals surface area (Å²) in [6.07, 6.45) is 1.74. The van der Waals surface area contributed by atoms with Gasteiger partial charge in [-0.3, -0.25) is 4.98 Å². The third-order valence-electron chi connectivity index (χ3n) is 4.09. The first-order chi connectivity index (χ1) is 13.1. The number of hydrogen-bond acceptors (Lipinski definition) is 3. The zero-order chi connectivity index (χ0) is 18.8. The van der Waals surface area contributed by atoms with Crippen LogP contribution in [0.3, 0.4) is 0 Å². The maximum atomic E-state index is 6.22. The summed E-state index contributed by atoms with van der Waals surface area (Å²) in [5.41, 5.74) is 8.40. The first-order valence-corrected chi connectivity index (χ1v) is 8.98. The fourth-order valence-corrected chi connectivity index (χ4v) is 3.04. The van der Waals surface area contributed by atoms with Gasteiger partial charge in [-0.25, -0.2) is 9.98 Å². The fourth-order valence-electron chi connectivity index (χ4n) is 2.75. The third kappa shape index (κ3) is 3.63. The number of nitrogens with two attached hydrogens (primary N) is 1. The van der Waals surface area contributed by atoms with Gasteiger partial charge in [0.25, 0.3) is 0 Å². The highest BCUT2D eigenvalue weighted by atomic mass is 35.5. The average molecular weight is 393 g/mol. The van der Waals surface area contributed by atoms with Crippen molar-refractivity contribution in [2.75, 3.05) is 0 Å². The molecular weight excluding hydrogens is 379 g/mol. The van der Waals surface area contributed by atoms with Crippen molar-refractivity contribution in [3.05, 3.63) is 88.5 Å². The van der Waals surface area contributed by atoms with E-state index >= 15 is 0 Å². The van der Waals surface area contributed by atoms with Gasteiger partial charge in [-0.1, -0.05) is 53.5 Å². The zero-order valence-electron chi connectivity index (χ0n) is 14.1. The summed E-state index contributed by atoms with van der Waals surface area (Å²) in [7, 11) is 0. The zero-order valence-corrected chi connectivity index (χ0v) is 15.6. The molecule has 2 aromatic carbocycles. The molecule has 0 bridgehead atoms. The van der Waals surface area contributed by atoms with Crippen LogP contribution in [-0.4, -0.2) is 15.8 Å². The second-order valence-electron chi connectivity index (χ2n) is 5.89. The van der Waals surface area contributed by atoms with Gasteiger partial charge >= 0.3 is 0 Å². The molecule has 0 aliphatic carbocycles. The topological polar surface area (TPSA) is 64.2 Å². The summed E-state index contributed by atoms with van der Waals surface area (Å²) in [4.78, 5) is 13.6. The maximum Gasteiger partial charge on any atom is 0.162 e. The highest BCUT2D eigenvalue weighted by Crippen LogP contribution is 2.29. The maximum absolute atomic E-state index is 6.22. The van der Waals surface area contributed by atoms with Gasteiger partial charge in [0.15, 0.2) is 5.82 Å². The molecule has 0 aliphatic heterocycles. The Hall–Kier alpha value is -2.95. The summed E-state index contributed by atoms with van der Waals surface area (Å²) in [5.74, 6) is 0.835. The van der Waals surface area contributed by atoms with Gasteiger partial charge in [0.05, 0.1) is 21.4 Å². The number of nitrogens with zero attached hydrogens (tertiary/aromatic N) is 3. The van der Waals surface area contributed by atoms with Gasteiger partial charge in [0.2, 0.25) is 0 Å². The number of fused-ring (bicyclic) bond motifs is 1. The van der Waals surface area contributed by atoms with Gasteiger partial charge in [0.1, 0.15) is 5.84 Å². The highest BCUT2D eigenvalue weighted by molar-refractivity contribution is 6.42. The molecule has 6 heteroatoms. The Morgan fingerprint density at radius 1 is 0.852 bits per heavy atom. The molecule has 0 spiro atoms. The summed E-state index contributed by atoms with van der Waals surface area (Å²) < 4.78 is 0. The SMILES string of the molecule is NC(=Nc1nc(-c2ccccn2)cc2ccccc12)c1ccc(Cl)c(Cl)c1. The minimum absolute atomic E-state index is 0.310. The normalized spacial score (nSPS) is 11.7. The van der Waals surface area contributed by atoms with Crippen LogP contribution in [0.1, 0.15) is 5.56 Å². The third-order valence-corrected chi connectivity index (χ3v) is 4.83. The van der Waals surface area contributed by atoms with Crippen LogP contribution >= 0.6 is 23.2 Å². The highest BCUT2D eigenvalue weighted by Gasteiger charge is 2.10. The molecule has 0 aliphatic rings. The van der Waals surface area contributed by atoms with Crippen LogP contribution in [0, 0.1) is 0 Å². The van der Waals surface area contributed by atoms with Crippen LogP contribution in [0.4, 0.5) is 5.82 Å². The number of aromatic nitrogens is 2. The first kappa shape index (κ1) is 17.5. The Labute approximate surface area is 166 Å². The molecule has 132 valence electrons. The Kier molecular flexibility index (Phi) is 4.75. The van der Waals surface area contributed by atoms with Crippen LogP contribution in [0.25, 0.3) is 22.2 Å². The Balaban J connectivity index is 1.88. The van der Waals surface area contributed by atoms with Crippen molar-refractivity contribution >= 4 is 45.6 Å². The molecular formula is C21H14Cl2N4. The lowest BCUT2D eigenvalue weighted by molar-refractivity contribution is 1.24. The standard InChI is InChI=1S/C21H14Cl2N4/c22-16-9-8-14(11-17(16)23)20(24)27-21-15-6-2-1-5-13(15)12-19(26-21)18-7-3-4-10-25-18/h1-12H,(H2,24,26,27). The summed E-state index contributed by atoms with van der Waals surface area (Å²) in [6, 6.07) is 20.7. The second-order valence-corrected chi connectivity index (χ2v) is 6.71. The van der Waals surface area contributed by atoms with Crippen molar-refractivity contribution in [2.45, 2.75) is 0 Å². The van der Waals surface area contributed by atoms with Gasteiger partial charge in [-0.15, -0.1) is 0 Å². The number of hydrogen-bond donors (Lipinski definition) is 1. The molecule has 0 saturated heterocycles. The lowest BCUT2D eigenvalue weighted by Gasteiger charge is -2.08. The van der Waals surface area contributed by atoms with Crippen LogP contribution in [0.5, 0.6) is 0 Å². The van der Waals surface area contributed by atoms with Crippen molar-refractivity contribution < 1.29 is 0 Å². The van der Waals surface area contributed by atoms with E-state index in [0.29, 0.717) is 27.3 Å². The van der Waals surface area contributed by atoms with E-state index in [9.17, 15) is 0 Å². The molecule has 4 aromatic rings. The number of pyridine rings is 2. The molecule has 0 unspecified atom stereocenters. The van der Waals surface area contributed by atoms with Crippen molar-refractivity contribution in [1.82, 2.24) is 9.97 Å². The summed E-state index contributed by atoms with van der Waals surface area (Å²) in [5, 5.41) is 2.80. The van der Waals surface area contributed by atoms with Gasteiger partial charge < -0.3 is 5.73 Å². The van der Waals surface area contributed by atoms with E-state index in [0.717, 1.165) is 22.2 Å². The van der Waals surface area contributed by atoms with Crippen LogP contribution in [-0.2, 0) is 0 Å². The second kappa shape index (κ2) is 7.35. The van der Waals surface area contributed by atoms with Crippen molar-refractivity contribution in [2.24, 2.45) is 10.7 Å². The molecule has 4 nitrogen and oxygen atoms in total. The monoisotopic (exact) mass is 392 g/mol. The number of rotatable bonds is 3. The Morgan fingerprint density at radius 3 is 2.44 bits per heavy atom. The molecule has 0 atom stereocenters. The van der Waals surface area contributed by atoms with E-state index in [2.05, 4.69) is 15.0 Å². The molecule has 2 aromatic heterocycles. The van der Waals surface area contributed by atoms with Gasteiger partial charge in [-0.2, -0.15) is 0 Å². The van der Waals surface area contributed by atoms with Crippen LogP contribution in [0.2, 0.25) is 10.0 Å². The van der Waals surface area contributed by atoms with Gasteiger partial charge in [0, 0.05) is 17.1 Å². The number of halogens is 2. The first-order valence-electron chi connectivity index (χ1n) is 8.22. The molecule has 2 N–H and O–H groups in total. The Morgan fingerprint density at radius 2 is 1.67 bits per heavy atom. The van der Waals surface area contributed by atoms with Crippen LogP contribution in [0.15, 0.2) is 77.9 Å². The molecule has 0 radical (unpaired) electrons. The molecule has 0 amide bonds. The predicted octanol–water partition coefficient (Wildman–Crippen LogP) is 5.64. The smallest absolute Gasteiger partial charge is 0.162 e. The largest absolute Gasteiger partial charge is 0.383 e. The van der Waals surface area contributed by atoms with E-state index in [-0.39, 0.29) is 0 Å². The summed E-state index contributed by atoms with van der Waals surface area (Å²) in [6.45, 7) is 0. The lowest BCUT2D eigenvalue weighted by atomic mass is 10.1. The van der Waals surface area contributed by atoms with E-state index in [4.69, 9.17) is 28.9 Å². The lowest BCUT2D eigenvalue weighted by Crippen LogP contribution is -2.13. The number of aliphatic imine (C=N–C) groups is 1. The van der Waals surface area contributed by atoms with E-state index in [1.54, 1.807) is 24.4 Å². The molecule has 2 heterocycles. The van der Waals surface area contributed by atoms with E-state index in [1.807, 2.05) is 48.5 Å². The van der Waals surface area contributed by atoms with Gasteiger partial charge in [-0.05, 0) is 41.8 Å². The quantitative estimate of drug-likeness (QED) is 0.362. The molecule has 0 saturated carbocycles. The molecule has 0 fully saturated rings. The minimum Gasteiger partial charge on any atom is -0.383 e. The van der Waals surface area contributed by atoms with Crippen molar-refractivity contribution in [3.8, 4) is 11.4 Å². The molecule has 27 heavy (non-hydrogen) atoms. The molecule has 4 rings (SSSR count). The number of amidine groups is 1.